The van der Waals surface area contributed by atoms with E-state index < -0.39 is 0 Å². The lowest BCUT2D eigenvalue weighted by molar-refractivity contribution is -0.131. The number of ether oxygens (including phenoxy) is 1. The van der Waals surface area contributed by atoms with Crippen LogP contribution in [0.5, 0.6) is 0 Å². The van der Waals surface area contributed by atoms with Crippen molar-refractivity contribution in [2.45, 2.75) is 58.5 Å². The first-order valence-electron chi connectivity index (χ1n) is 6.88. The van der Waals surface area contributed by atoms with E-state index >= 15 is 0 Å². The molecule has 0 radical (unpaired) electrons. The summed E-state index contributed by atoms with van der Waals surface area (Å²) < 4.78 is 5.65. The van der Waals surface area contributed by atoms with Crippen LogP contribution in [0.25, 0.3) is 0 Å². The monoisotopic (exact) mass is 238 g/mol. The zero-order valence-corrected chi connectivity index (χ0v) is 11.3. The Morgan fingerprint density at radius 2 is 2.06 bits per heavy atom. The topological polar surface area (TPSA) is 26.3 Å². The van der Waals surface area contributed by atoms with Crippen LogP contribution in [0, 0.1) is 11.8 Å². The van der Waals surface area contributed by atoms with Crippen LogP contribution in [0.3, 0.4) is 0 Å². The molecule has 1 aliphatic carbocycles. The van der Waals surface area contributed by atoms with Gasteiger partial charge < -0.3 is 4.74 Å². The minimum atomic E-state index is -0.196. The lowest BCUT2D eigenvalue weighted by Crippen LogP contribution is -2.27. The molecule has 2 nitrogen and oxygen atoms in total. The van der Waals surface area contributed by atoms with E-state index in [1.165, 1.54) is 25.7 Å². The Hall–Kier alpha value is -0.630. The molecule has 0 aromatic carbocycles. The average molecular weight is 238 g/mol. The van der Waals surface area contributed by atoms with Gasteiger partial charge in [-0.1, -0.05) is 45.6 Å². The molecule has 0 aromatic rings. The summed E-state index contributed by atoms with van der Waals surface area (Å²) in [6.45, 7) is 8.30. The van der Waals surface area contributed by atoms with E-state index in [1.807, 2.05) is 0 Å². The van der Waals surface area contributed by atoms with E-state index in [9.17, 15) is 4.79 Å². The maximum Gasteiger partial charge on any atom is 0.161 e. The van der Waals surface area contributed by atoms with Crippen molar-refractivity contribution >= 4 is 5.78 Å². The summed E-state index contributed by atoms with van der Waals surface area (Å²) in [4.78, 5) is 12.1. The van der Waals surface area contributed by atoms with Gasteiger partial charge in [0.1, 0.15) is 6.10 Å². The van der Waals surface area contributed by atoms with Crippen molar-refractivity contribution in [1.82, 2.24) is 0 Å². The molecule has 0 aromatic heterocycles. The third-order valence-electron chi connectivity index (χ3n) is 3.41. The molecular weight excluding hydrogens is 212 g/mol. The Bertz CT molecular complexity index is 239. The Balaban J connectivity index is 2.45. The maximum absolute atomic E-state index is 12.1. The van der Waals surface area contributed by atoms with Gasteiger partial charge in [0.2, 0.25) is 0 Å². The number of Topliss-reactive ketones (excluding diaryl/α,β-unsaturated/α-hetero) is 1. The van der Waals surface area contributed by atoms with Crippen LogP contribution in [0.2, 0.25) is 0 Å². The standard InChI is InChI=1S/C15H26O2/c1-4-9-17-15(14(16)10-12(2)3)11-13-7-5-6-8-13/h4,12-13,15H,1,5-11H2,2-3H3. The Kier molecular flexibility index (Phi) is 6.49. The number of rotatable bonds is 8. The summed E-state index contributed by atoms with van der Waals surface area (Å²) >= 11 is 0. The molecule has 0 saturated heterocycles. The summed E-state index contributed by atoms with van der Waals surface area (Å²) in [5, 5.41) is 0. The van der Waals surface area contributed by atoms with E-state index in [1.54, 1.807) is 6.08 Å². The molecule has 98 valence electrons. The van der Waals surface area contributed by atoms with Crippen molar-refractivity contribution in [2.24, 2.45) is 11.8 Å². The second-order valence-corrected chi connectivity index (χ2v) is 5.56. The lowest BCUT2D eigenvalue weighted by Gasteiger charge is -2.20. The highest BCUT2D eigenvalue weighted by Gasteiger charge is 2.25. The van der Waals surface area contributed by atoms with Crippen molar-refractivity contribution in [1.29, 1.82) is 0 Å². The fourth-order valence-electron chi connectivity index (χ4n) is 2.56. The van der Waals surface area contributed by atoms with Crippen molar-refractivity contribution in [3.05, 3.63) is 12.7 Å². The molecule has 17 heavy (non-hydrogen) atoms. The first kappa shape index (κ1) is 14.4. The van der Waals surface area contributed by atoms with Gasteiger partial charge in [0.25, 0.3) is 0 Å². The highest BCUT2D eigenvalue weighted by molar-refractivity contribution is 5.83. The van der Waals surface area contributed by atoms with Crippen molar-refractivity contribution in [3.63, 3.8) is 0 Å². The number of hydrogen-bond acceptors (Lipinski definition) is 2. The minimum absolute atomic E-state index is 0.196. The van der Waals surface area contributed by atoms with Gasteiger partial charge in [-0.3, -0.25) is 4.79 Å². The number of ketones is 1. The van der Waals surface area contributed by atoms with Gasteiger partial charge in [0.05, 0.1) is 6.61 Å². The van der Waals surface area contributed by atoms with E-state index in [0.29, 0.717) is 24.9 Å². The third kappa shape index (κ3) is 5.49. The van der Waals surface area contributed by atoms with Crippen LogP contribution >= 0.6 is 0 Å². The van der Waals surface area contributed by atoms with Gasteiger partial charge in [-0.05, 0) is 18.3 Å². The second-order valence-electron chi connectivity index (χ2n) is 5.56. The van der Waals surface area contributed by atoms with Gasteiger partial charge in [-0.25, -0.2) is 0 Å². The fourth-order valence-corrected chi connectivity index (χ4v) is 2.56. The molecule has 0 N–H and O–H groups in total. The lowest BCUT2D eigenvalue weighted by atomic mass is 9.94. The van der Waals surface area contributed by atoms with Crippen LogP contribution in [-0.4, -0.2) is 18.5 Å². The Morgan fingerprint density at radius 1 is 1.41 bits per heavy atom. The largest absolute Gasteiger partial charge is 0.366 e. The normalized spacial score (nSPS) is 18.5. The molecule has 1 fully saturated rings. The van der Waals surface area contributed by atoms with Crippen LogP contribution < -0.4 is 0 Å². The summed E-state index contributed by atoms with van der Waals surface area (Å²) in [6.07, 6.45) is 8.25. The number of carbonyl (C=O) groups excluding carboxylic acids is 1. The highest BCUT2D eigenvalue weighted by atomic mass is 16.5. The quantitative estimate of drug-likeness (QED) is 0.602. The van der Waals surface area contributed by atoms with Crippen molar-refractivity contribution in [3.8, 4) is 0 Å². The molecule has 0 bridgehead atoms. The number of hydrogen-bond donors (Lipinski definition) is 0. The average Bonchev–Trinajstić information content (AvgIpc) is 2.75. The summed E-state index contributed by atoms with van der Waals surface area (Å²) in [5.74, 6) is 1.38. The molecule has 1 unspecified atom stereocenters. The molecule has 2 heteroatoms. The molecule has 0 amide bonds. The van der Waals surface area contributed by atoms with Gasteiger partial charge in [-0.2, -0.15) is 0 Å². The molecule has 0 spiro atoms. The van der Waals surface area contributed by atoms with Crippen LogP contribution in [0.15, 0.2) is 12.7 Å². The molecule has 1 aliphatic rings. The first-order chi connectivity index (χ1) is 8.13. The van der Waals surface area contributed by atoms with E-state index in [2.05, 4.69) is 20.4 Å². The molecule has 1 rings (SSSR count). The third-order valence-corrected chi connectivity index (χ3v) is 3.41. The van der Waals surface area contributed by atoms with Gasteiger partial charge in [0.15, 0.2) is 5.78 Å². The summed E-state index contributed by atoms with van der Waals surface area (Å²) in [6, 6.07) is 0. The first-order valence-corrected chi connectivity index (χ1v) is 6.88. The SMILES string of the molecule is C=CCOC(CC1CCCC1)C(=O)CC(C)C. The van der Waals surface area contributed by atoms with Crippen molar-refractivity contribution < 1.29 is 9.53 Å². The molecule has 1 saturated carbocycles. The van der Waals surface area contributed by atoms with Crippen molar-refractivity contribution in [2.75, 3.05) is 6.61 Å². The van der Waals surface area contributed by atoms with Crippen LogP contribution in [-0.2, 0) is 9.53 Å². The zero-order valence-electron chi connectivity index (χ0n) is 11.3. The molecule has 1 atom stereocenters. The molecule has 0 heterocycles. The van der Waals surface area contributed by atoms with Gasteiger partial charge in [0, 0.05) is 6.42 Å². The van der Waals surface area contributed by atoms with E-state index in [4.69, 9.17) is 4.74 Å². The van der Waals surface area contributed by atoms with E-state index in [-0.39, 0.29) is 11.9 Å². The van der Waals surface area contributed by atoms with Crippen LogP contribution in [0.1, 0.15) is 52.4 Å². The second kappa shape index (κ2) is 7.65. The maximum atomic E-state index is 12.1. The molecular formula is C15H26O2. The fraction of sp³-hybridized carbons (Fsp3) is 0.800. The Labute approximate surface area is 105 Å². The summed E-state index contributed by atoms with van der Waals surface area (Å²) in [7, 11) is 0. The molecule has 0 aliphatic heterocycles. The number of carbonyl (C=O) groups is 1. The van der Waals surface area contributed by atoms with Gasteiger partial charge >= 0.3 is 0 Å². The van der Waals surface area contributed by atoms with Crippen LogP contribution in [0.4, 0.5) is 0 Å². The predicted molar refractivity (Wildman–Crippen MR) is 71.0 cm³/mol. The zero-order chi connectivity index (χ0) is 12.7. The Morgan fingerprint density at radius 3 is 2.59 bits per heavy atom. The minimum Gasteiger partial charge on any atom is -0.366 e. The van der Waals surface area contributed by atoms with E-state index in [0.717, 1.165) is 6.42 Å². The highest BCUT2D eigenvalue weighted by Crippen LogP contribution is 2.30. The predicted octanol–water partition coefficient (Wildman–Crippen LogP) is 3.75. The summed E-state index contributed by atoms with van der Waals surface area (Å²) in [5.41, 5.74) is 0. The smallest absolute Gasteiger partial charge is 0.161 e. The van der Waals surface area contributed by atoms with Gasteiger partial charge in [-0.15, -0.1) is 6.58 Å².